The first-order chi connectivity index (χ1) is 19.0. The van der Waals surface area contributed by atoms with Crippen molar-refractivity contribution in [2.24, 2.45) is 16.9 Å². The van der Waals surface area contributed by atoms with Crippen molar-refractivity contribution in [3.63, 3.8) is 0 Å². The minimum atomic E-state index is -0.522. The van der Waals surface area contributed by atoms with Gasteiger partial charge in [0.1, 0.15) is 17.3 Å². The quantitative estimate of drug-likeness (QED) is 0.157. The fraction of sp³-hybridized carbons (Fsp3) is 0.167. The molecule has 2 bridgehead atoms. The van der Waals surface area contributed by atoms with E-state index in [2.05, 4.69) is 29.4 Å². The zero-order valence-corrected chi connectivity index (χ0v) is 20.7. The highest BCUT2D eigenvalue weighted by Gasteiger charge is 2.61. The van der Waals surface area contributed by atoms with Gasteiger partial charge >= 0.3 is 0 Å². The second-order valence-corrected chi connectivity index (χ2v) is 9.84. The number of carbonyl (C=O) groups excluding carboxylic acids is 2. The first-order valence-electron chi connectivity index (χ1n) is 12.5. The van der Waals surface area contributed by atoms with E-state index in [9.17, 15) is 19.7 Å². The Morgan fingerprint density at radius 2 is 1.44 bits per heavy atom. The van der Waals surface area contributed by atoms with E-state index in [1.165, 1.54) is 31.5 Å². The topological polar surface area (TPSA) is 115 Å². The second-order valence-electron chi connectivity index (χ2n) is 9.84. The molecule has 39 heavy (non-hydrogen) atoms. The average Bonchev–Trinajstić information content (AvgIpc) is 3.54. The van der Waals surface area contributed by atoms with E-state index in [1.807, 2.05) is 24.3 Å². The lowest BCUT2D eigenvalue weighted by Gasteiger charge is -2.45. The first kappa shape index (κ1) is 23.1. The number of imide groups is 1. The lowest BCUT2D eigenvalue weighted by Crippen LogP contribution is -2.41. The zero-order chi connectivity index (χ0) is 26.8. The average molecular weight is 520 g/mol. The van der Waals surface area contributed by atoms with Gasteiger partial charge in [0.25, 0.3) is 17.5 Å². The summed E-state index contributed by atoms with van der Waals surface area (Å²) in [6.45, 7) is 0. The van der Waals surface area contributed by atoms with Crippen molar-refractivity contribution in [2.75, 3.05) is 7.11 Å². The summed E-state index contributed by atoms with van der Waals surface area (Å²) in [6.07, 6.45) is 1.32. The van der Waals surface area contributed by atoms with Gasteiger partial charge < -0.3 is 9.15 Å². The number of hydrogen-bond acceptors (Lipinski definition) is 7. The third-order valence-electron chi connectivity index (χ3n) is 8.01. The molecule has 3 aromatic carbocycles. The molecular weight excluding hydrogens is 498 g/mol. The van der Waals surface area contributed by atoms with Crippen LogP contribution in [-0.2, 0) is 9.59 Å². The van der Waals surface area contributed by atoms with Crippen LogP contribution < -0.4 is 4.74 Å². The molecule has 192 valence electrons. The van der Waals surface area contributed by atoms with Crippen molar-refractivity contribution in [2.45, 2.75) is 11.8 Å². The molecule has 8 rings (SSSR count). The number of methoxy groups -OCH3 is 1. The summed E-state index contributed by atoms with van der Waals surface area (Å²) < 4.78 is 11.2. The van der Waals surface area contributed by atoms with E-state index < -0.39 is 16.8 Å². The van der Waals surface area contributed by atoms with Crippen molar-refractivity contribution in [3.05, 3.63) is 117 Å². The standard InChI is InChI=1S/C30H21N3O6/c1-38-23-12-10-16(33(36)37)14-22(23)24-13-11-17(39-24)15-31-32-29(34)27-25-18-6-2-3-7-19(18)26(28(27)30(32)35)21-9-5-4-8-20(21)25/h2-15,25-28H,1H3/b31-15-/t25?,26?,27-,28+. The Kier molecular flexibility index (Phi) is 5.03. The number of furan rings is 1. The number of amides is 2. The molecule has 2 amide bonds. The number of carbonyl (C=O) groups is 2. The monoisotopic (exact) mass is 519 g/mol. The number of non-ortho nitro benzene ring substituents is 1. The third-order valence-corrected chi connectivity index (χ3v) is 8.01. The molecule has 0 saturated carbocycles. The Balaban J connectivity index is 1.22. The zero-order valence-electron chi connectivity index (χ0n) is 20.7. The smallest absolute Gasteiger partial charge is 0.270 e. The normalized spacial score (nSPS) is 22.6. The maximum atomic E-state index is 13.7. The number of rotatable bonds is 5. The molecule has 1 fully saturated rings. The lowest BCUT2D eigenvalue weighted by atomic mass is 9.55. The first-order valence-corrected chi connectivity index (χ1v) is 12.5. The number of nitrogens with zero attached hydrogens (tertiary/aromatic N) is 3. The van der Waals surface area contributed by atoms with Crippen molar-refractivity contribution in [1.82, 2.24) is 5.01 Å². The number of hydrogen-bond donors (Lipinski definition) is 0. The van der Waals surface area contributed by atoms with E-state index in [0.717, 1.165) is 27.3 Å². The number of nitro groups is 1. The molecule has 1 aromatic heterocycles. The number of ether oxygens (including phenoxy) is 1. The Bertz CT molecular complexity index is 1610. The molecular formula is C30H21N3O6. The van der Waals surface area contributed by atoms with Crippen LogP contribution in [0.15, 0.2) is 88.4 Å². The molecule has 2 atom stereocenters. The molecule has 0 unspecified atom stereocenters. The molecule has 1 aliphatic heterocycles. The molecule has 1 saturated heterocycles. The van der Waals surface area contributed by atoms with Gasteiger partial charge in [-0.1, -0.05) is 48.5 Å². The van der Waals surface area contributed by atoms with E-state index in [0.29, 0.717) is 17.1 Å². The summed E-state index contributed by atoms with van der Waals surface area (Å²) >= 11 is 0. The fourth-order valence-corrected chi connectivity index (χ4v) is 6.46. The molecule has 0 radical (unpaired) electrons. The Morgan fingerprint density at radius 3 is 1.95 bits per heavy atom. The number of hydrazone groups is 1. The van der Waals surface area contributed by atoms with Crippen molar-refractivity contribution in [3.8, 4) is 17.1 Å². The van der Waals surface area contributed by atoms with Crippen LogP contribution in [0.25, 0.3) is 11.3 Å². The number of nitro benzene ring substituents is 1. The lowest BCUT2D eigenvalue weighted by molar-refractivity contribution is -0.384. The van der Waals surface area contributed by atoms with Gasteiger partial charge in [-0.3, -0.25) is 19.7 Å². The predicted octanol–water partition coefficient (Wildman–Crippen LogP) is 5.09. The molecule has 9 heteroatoms. The minimum Gasteiger partial charge on any atom is -0.496 e. The Hall–Kier alpha value is -5.05. The van der Waals surface area contributed by atoms with E-state index in [4.69, 9.17) is 9.15 Å². The van der Waals surface area contributed by atoms with Gasteiger partial charge in [0.2, 0.25) is 0 Å². The van der Waals surface area contributed by atoms with Gasteiger partial charge in [0.15, 0.2) is 0 Å². The van der Waals surface area contributed by atoms with Gasteiger partial charge in [0.05, 0.1) is 35.6 Å². The highest BCUT2D eigenvalue weighted by atomic mass is 16.6. The van der Waals surface area contributed by atoms with Crippen LogP contribution in [0.5, 0.6) is 5.75 Å². The maximum Gasteiger partial charge on any atom is 0.270 e. The van der Waals surface area contributed by atoms with Gasteiger partial charge in [-0.05, 0) is 40.5 Å². The van der Waals surface area contributed by atoms with Gasteiger partial charge in [-0.25, -0.2) is 0 Å². The van der Waals surface area contributed by atoms with Crippen LogP contribution in [0.2, 0.25) is 0 Å². The van der Waals surface area contributed by atoms with Crippen molar-refractivity contribution < 1.29 is 23.7 Å². The van der Waals surface area contributed by atoms with Crippen LogP contribution in [0.3, 0.4) is 0 Å². The SMILES string of the molecule is COc1ccc([N+](=O)[O-])cc1-c1ccc(/C=N\N2C(=O)[C@@H]3C4c5ccccc5C(c5ccccc54)[C@@H]3C2=O)o1. The predicted molar refractivity (Wildman–Crippen MR) is 140 cm³/mol. The summed E-state index contributed by atoms with van der Waals surface area (Å²) in [5, 5.41) is 16.5. The van der Waals surface area contributed by atoms with Gasteiger partial charge in [-0.2, -0.15) is 10.1 Å². The van der Waals surface area contributed by atoms with Crippen LogP contribution in [0.4, 0.5) is 5.69 Å². The third kappa shape index (κ3) is 3.29. The molecule has 4 aliphatic rings. The van der Waals surface area contributed by atoms with Gasteiger partial charge in [-0.15, -0.1) is 0 Å². The van der Waals surface area contributed by atoms with Crippen LogP contribution in [-0.4, -0.2) is 35.1 Å². The summed E-state index contributed by atoms with van der Waals surface area (Å²) in [4.78, 5) is 38.1. The molecule has 9 nitrogen and oxygen atoms in total. The van der Waals surface area contributed by atoms with Crippen LogP contribution in [0.1, 0.15) is 39.8 Å². The molecule has 3 aliphatic carbocycles. The summed E-state index contributed by atoms with van der Waals surface area (Å²) in [7, 11) is 1.46. The highest BCUT2D eigenvalue weighted by molar-refractivity contribution is 6.08. The van der Waals surface area contributed by atoms with Gasteiger partial charge in [0, 0.05) is 24.0 Å². The Labute approximate surface area is 222 Å². The minimum absolute atomic E-state index is 0.107. The molecule has 2 heterocycles. The van der Waals surface area contributed by atoms with Crippen LogP contribution in [0, 0.1) is 22.0 Å². The fourth-order valence-electron chi connectivity index (χ4n) is 6.46. The molecule has 0 spiro atoms. The van der Waals surface area contributed by atoms with E-state index in [-0.39, 0.29) is 35.1 Å². The second kappa shape index (κ2) is 8.49. The summed E-state index contributed by atoms with van der Waals surface area (Å²) in [6, 6.07) is 23.5. The molecule has 4 aromatic rings. The van der Waals surface area contributed by atoms with Crippen molar-refractivity contribution in [1.29, 1.82) is 0 Å². The largest absolute Gasteiger partial charge is 0.496 e. The van der Waals surface area contributed by atoms with E-state index >= 15 is 0 Å². The summed E-state index contributed by atoms with van der Waals surface area (Å²) in [5.74, 6) is -1.10. The summed E-state index contributed by atoms with van der Waals surface area (Å²) in [5.41, 5.74) is 4.67. The maximum absolute atomic E-state index is 13.7. The number of benzene rings is 3. The Morgan fingerprint density at radius 1 is 0.872 bits per heavy atom. The van der Waals surface area contributed by atoms with E-state index in [1.54, 1.807) is 12.1 Å². The van der Waals surface area contributed by atoms with Crippen LogP contribution >= 0.6 is 0 Å². The highest BCUT2D eigenvalue weighted by Crippen LogP contribution is 2.61. The molecule has 0 N–H and O–H groups in total. The van der Waals surface area contributed by atoms with Crippen molar-refractivity contribution >= 4 is 23.7 Å².